The van der Waals surface area contributed by atoms with Gasteiger partial charge in [0.15, 0.2) is 0 Å². The van der Waals surface area contributed by atoms with Gasteiger partial charge < -0.3 is 10.2 Å². The second-order valence-electron chi connectivity index (χ2n) is 8.83. The summed E-state index contributed by atoms with van der Waals surface area (Å²) in [6.07, 6.45) is 10.0. The standard InChI is InChI=1S/C26H29N5O/c32-26(19-8-4-5-9-19)31-15-7-11-21(18-31)25-29-23(20-10-6-14-27-17-20)16-24(30-25)28-22-12-2-1-3-13-22/h1-3,6,10,12-14,16-17,19,21H,4-5,7-9,11,15,18H2,(H,28,29,30). The Balaban J connectivity index is 1.44. The fraction of sp³-hybridized carbons (Fsp3) is 0.385. The van der Waals surface area contributed by atoms with Crippen molar-refractivity contribution in [2.24, 2.45) is 5.92 Å². The summed E-state index contributed by atoms with van der Waals surface area (Å²) in [5.74, 6) is 2.25. The molecule has 1 saturated carbocycles. The van der Waals surface area contributed by atoms with E-state index in [9.17, 15) is 4.79 Å². The van der Waals surface area contributed by atoms with Crippen LogP contribution in [0.5, 0.6) is 0 Å². The smallest absolute Gasteiger partial charge is 0.225 e. The normalized spacial score (nSPS) is 19.1. The van der Waals surface area contributed by atoms with Gasteiger partial charge >= 0.3 is 0 Å². The SMILES string of the molecule is O=C(C1CCCC1)N1CCCC(c2nc(Nc3ccccc3)cc(-c3cccnc3)n2)C1. The fourth-order valence-electron chi connectivity index (χ4n) is 4.86. The summed E-state index contributed by atoms with van der Waals surface area (Å²) < 4.78 is 0. The number of piperidine rings is 1. The number of carbonyl (C=O) groups excluding carboxylic acids is 1. The van der Waals surface area contributed by atoms with Gasteiger partial charge in [-0.1, -0.05) is 31.0 Å². The molecule has 1 saturated heterocycles. The van der Waals surface area contributed by atoms with Crippen molar-refractivity contribution < 1.29 is 4.79 Å². The highest BCUT2D eigenvalue weighted by Crippen LogP contribution is 2.32. The van der Waals surface area contributed by atoms with Crippen molar-refractivity contribution >= 4 is 17.4 Å². The number of pyridine rings is 1. The number of hydrogen-bond donors (Lipinski definition) is 1. The fourth-order valence-corrected chi connectivity index (χ4v) is 4.86. The van der Waals surface area contributed by atoms with Gasteiger partial charge in [-0.05, 0) is 49.9 Å². The van der Waals surface area contributed by atoms with Crippen molar-refractivity contribution in [2.45, 2.75) is 44.4 Å². The maximum Gasteiger partial charge on any atom is 0.225 e. The third-order valence-electron chi connectivity index (χ3n) is 6.55. The van der Waals surface area contributed by atoms with Crippen LogP contribution < -0.4 is 5.32 Å². The van der Waals surface area contributed by atoms with E-state index in [-0.39, 0.29) is 11.8 Å². The summed E-state index contributed by atoms with van der Waals surface area (Å²) in [7, 11) is 0. The Morgan fingerprint density at radius 3 is 2.59 bits per heavy atom. The second-order valence-corrected chi connectivity index (χ2v) is 8.83. The lowest BCUT2D eigenvalue weighted by atomic mass is 9.95. The first kappa shape index (κ1) is 20.6. The highest BCUT2D eigenvalue weighted by molar-refractivity contribution is 5.79. The number of anilines is 2. The molecule has 0 radical (unpaired) electrons. The molecule has 32 heavy (non-hydrogen) atoms. The first-order chi connectivity index (χ1) is 15.8. The van der Waals surface area contributed by atoms with Gasteiger partial charge in [-0.2, -0.15) is 0 Å². The minimum atomic E-state index is 0.141. The van der Waals surface area contributed by atoms with Crippen LogP contribution in [-0.4, -0.2) is 38.8 Å². The minimum absolute atomic E-state index is 0.141. The van der Waals surface area contributed by atoms with Gasteiger partial charge in [-0.15, -0.1) is 0 Å². The minimum Gasteiger partial charge on any atom is -0.342 e. The molecule has 1 aromatic carbocycles. The average molecular weight is 428 g/mol. The lowest BCUT2D eigenvalue weighted by Gasteiger charge is -2.34. The van der Waals surface area contributed by atoms with E-state index in [1.54, 1.807) is 6.20 Å². The van der Waals surface area contributed by atoms with Crippen molar-refractivity contribution in [3.63, 3.8) is 0 Å². The zero-order valence-electron chi connectivity index (χ0n) is 18.3. The number of benzene rings is 1. The lowest BCUT2D eigenvalue weighted by Crippen LogP contribution is -2.42. The van der Waals surface area contributed by atoms with Gasteiger partial charge in [-0.25, -0.2) is 9.97 Å². The number of nitrogens with zero attached hydrogens (tertiary/aromatic N) is 4. The summed E-state index contributed by atoms with van der Waals surface area (Å²) in [6.45, 7) is 1.56. The van der Waals surface area contributed by atoms with Gasteiger partial charge in [-0.3, -0.25) is 9.78 Å². The topological polar surface area (TPSA) is 71.0 Å². The van der Waals surface area contributed by atoms with E-state index < -0.39 is 0 Å². The molecule has 1 aliphatic heterocycles. The van der Waals surface area contributed by atoms with Gasteiger partial charge in [0.1, 0.15) is 11.6 Å². The molecule has 3 aromatic rings. The Bertz CT molecular complexity index is 1050. The van der Waals surface area contributed by atoms with Crippen molar-refractivity contribution in [2.75, 3.05) is 18.4 Å². The Morgan fingerprint density at radius 1 is 0.969 bits per heavy atom. The summed E-state index contributed by atoms with van der Waals surface area (Å²) in [6, 6.07) is 15.9. The number of likely N-dealkylation sites (tertiary alicyclic amines) is 1. The molecule has 1 amide bonds. The Morgan fingerprint density at radius 2 is 1.81 bits per heavy atom. The molecule has 0 bridgehead atoms. The predicted octanol–water partition coefficient (Wildman–Crippen LogP) is 5.18. The van der Waals surface area contributed by atoms with Crippen LogP contribution in [0, 0.1) is 5.92 Å². The quantitative estimate of drug-likeness (QED) is 0.608. The second kappa shape index (κ2) is 9.47. The molecule has 2 fully saturated rings. The average Bonchev–Trinajstić information content (AvgIpc) is 3.40. The van der Waals surface area contributed by atoms with E-state index in [1.807, 2.05) is 54.7 Å². The highest BCUT2D eigenvalue weighted by atomic mass is 16.2. The third-order valence-corrected chi connectivity index (χ3v) is 6.55. The lowest BCUT2D eigenvalue weighted by molar-refractivity contribution is -0.136. The number of carbonyl (C=O) groups is 1. The summed E-state index contributed by atoms with van der Waals surface area (Å²) in [5, 5.41) is 3.42. The summed E-state index contributed by atoms with van der Waals surface area (Å²) in [5.41, 5.74) is 2.79. The zero-order valence-corrected chi connectivity index (χ0v) is 18.3. The van der Waals surface area contributed by atoms with E-state index in [1.165, 1.54) is 12.8 Å². The van der Waals surface area contributed by atoms with Crippen LogP contribution in [0.2, 0.25) is 0 Å². The molecule has 1 atom stereocenters. The Kier molecular flexibility index (Phi) is 6.10. The van der Waals surface area contributed by atoms with Gasteiger partial charge in [0.2, 0.25) is 5.91 Å². The van der Waals surface area contributed by atoms with E-state index in [4.69, 9.17) is 9.97 Å². The first-order valence-corrected chi connectivity index (χ1v) is 11.7. The largest absolute Gasteiger partial charge is 0.342 e. The molecule has 2 aromatic heterocycles. The number of amides is 1. The molecular formula is C26H29N5O. The van der Waals surface area contributed by atoms with Crippen LogP contribution in [-0.2, 0) is 4.79 Å². The number of para-hydroxylation sites is 1. The number of rotatable bonds is 5. The third kappa shape index (κ3) is 4.64. The first-order valence-electron chi connectivity index (χ1n) is 11.7. The molecule has 6 heteroatoms. The molecule has 6 nitrogen and oxygen atoms in total. The predicted molar refractivity (Wildman–Crippen MR) is 126 cm³/mol. The summed E-state index contributed by atoms with van der Waals surface area (Å²) in [4.78, 5) is 29.2. The molecule has 1 aliphatic carbocycles. The van der Waals surface area contributed by atoms with Gasteiger partial charge in [0, 0.05) is 54.6 Å². The molecule has 0 spiro atoms. The van der Waals surface area contributed by atoms with Gasteiger partial charge in [0.05, 0.1) is 5.69 Å². The molecule has 5 rings (SSSR count). The monoisotopic (exact) mass is 427 g/mol. The van der Waals surface area contributed by atoms with E-state index in [0.717, 1.165) is 60.8 Å². The van der Waals surface area contributed by atoms with Crippen LogP contribution in [0.4, 0.5) is 11.5 Å². The Labute approximate surface area is 189 Å². The molecule has 2 aliphatic rings. The van der Waals surface area contributed by atoms with Crippen LogP contribution in [0.1, 0.15) is 50.3 Å². The van der Waals surface area contributed by atoms with Crippen molar-refractivity contribution in [1.29, 1.82) is 0 Å². The highest BCUT2D eigenvalue weighted by Gasteiger charge is 2.32. The molecular weight excluding hydrogens is 398 g/mol. The molecule has 1 unspecified atom stereocenters. The van der Waals surface area contributed by atoms with E-state index in [2.05, 4.69) is 15.2 Å². The van der Waals surface area contributed by atoms with Crippen molar-refractivity contribution in [3.05, 3.63) is 66.7 Å². The van der Waals surface area contributed by atoms with E-state index >= 15 is 0 Å². The van der Waals surface area contributed by atoms with Crippen LogP contribution in [0.25, 0.3) is 11.3 Å². The summed E-state index contributed by atoms with van der Waals surface area (Å²) >= 11 is 0. The number of hydrogen-bond acceptors (Lipinski definition) is 5. The molecule has 164 valence electrons. The van der Waals surface area contributed by atoms with Crippen LogP contribution in [0.3, 0.4) is 0 Å². The van der Waals surface area contributed by atoms with Crippen LogP contribution >= 0.6 is 0 Å². The van der Waals surface area contributed by atoms with Crippen LogP contribution in [0.15, 0.2) is 60.9 Å². The van der Waals surface area contributed by atoms with E-state index in [0.29, 0.717) is 12.5 Å². The van der Waals surface area contributed by atoms with Gasteiger partial charge in [0.25, 0.3) is 0 Å². The maximum absolute atomic E-state index is 13.0. The zero-order chi connectivity index (χ0) is 21.8. The molecule has 1 N–H and O–H groups in total. The Hall–Kier alpha value is -3.28. The number of nitrogens with one attached hydrogen (secondary N) is 1. The van der Waals surface area contributed by atoms with Crippen molar-refractivity contribution in [3.8, 4) is 11.3 Å². The maximum atomic E-state index is 13.0. The molecule has 3 heterocycles. The van der Waals surface area contributed by atoms with Crippen molar-refractivity contribution in [1.82, 2.24) is 19.9 Å². The number of aromatic nitrogens is 3.